The first kappa shape index (κ1) is 10.5. The predicted molar refractivity (Wildman–Crippen MR) is 63.1 cm³/mol. The summed E-state index contributed by atoms with van der Waals surface area (Å²) in [6.45, 7) is 5.06. The number of aliphatic hydroxyl groups is 1. The van der Waals surface area contributed by atoms with Gasteiger partial charge >= 0.3 is 0 Å². The molecule has 1 aromatic carbocycles. The monoisotopic (exact) mass is 205 g/mol. The van der Waals surface area contributed by atoms with Gasteiger partial charge in [0.15, 0.2) is 0 Å². The van der Waals surface area contributed by atoms with Crippen LogP contribution < -0.4 is 4.90 Å². The van der Waals surface area contributed by atoms with Crippen molar-refractivity contribution in [3.05, 3.63) is 29.8 Å². The Kier molecular flexibility index (Phi) is 2.96. The molecule has 1 saturated carbocycles. The molecule has 0 heterocycles. The van der Waals surface area contributed by atoms with Crippen molar-refractivity contribution < 1.29 is 5.11 Å². The van der Waals surface area contributed by atoms with Gasteiger partial charge in [-0.2, -0.15) is 0 Å². The normalized spacial score (nSPS) is 17.5. The van der Waals surface area contributed by atoms with Crippen LogP contribution in [0.25, 0.3) is 0 Å². The molecule has 0 radical (unpaired) electrons. The lowest BCUT2D eigenvalue weighted by atomic mass is 10.1. The Balaban J connectivity index is 2.14. The highest BCUT2D eigenvalue weighted by atomic mass is 16.3. The van der Waals surface area contributed by atoms with E-state index in [4.69, 9.17) is 0 Å². The topological polar surface area (TPSA) is 23.5 Å². The summed E-state index contributed by atoms with van der Waals surface area (Å²) in [6, 6.07) is 9.02. The highest BCUT2D eigenvalue weighted by Gasteiger charge is 2.27. The SMILES string of the molecule is CCN(c1ccc([C@H](C)O)cc1)C1CC1. The molecule has 2 nitrogen and oxygen atoms in total. The molecule has 0 bridgehead atoms. The van der Waals surface area contributed by atoms with Gasteiger partial charge in [-0.3, -0.25) is 0 Å². The van der Waals surface area contributed by atoms with Gasteiger partial charge in [0.1, 0.15) is 0 Å². The molecule has 2 rings (SSSR count). The minimum Gasteiger partial charge on any atom is -0.389 e. The molecular formula is C13H19NO. The van der Waals surface area contributed by atoms with E-state index < -0.39 is 0 Å². The van der Waals surface area contributed by atoms with Crippen LogP contribution in [0.5, 0.6) is 0 Å². The maximum atomic E-state index is 9.42. The van der Waals surface area contributed by atoms with Crippen LogP contribution in [-0.2, 0) is 0 Å². The minimum atomic E-state index is -0.366. The highest BCUT2D eigenvalue weighted by molar-refractivity contribution is 5.49. The van der Waals surface area contributed by atoms with Crippen molar-refractivity contribution >= 4 is 5.69 Å². The number of aliphatic hydroxyl groups excluding tert-OH is 1. The fourth-order valence-electron chi connectivity index (χ4n) is 1.98. The van der Waals surface area contributed by atoms with E-state index in [1.54, 1.807) is 6.92 Å². The second-order valence-electron chi connectivity index (χ2n) is 4.28. The van der Waals surface area contributed by atoms with Gasteiger partial charge in [0.25, 0.3) is 0 Å². The molecule has 15 heavy (non-hydrogen) atoms. The van der Waals surface area contributed by atoms with E-state index in [0.29, 0.717) is 0 Å². The Morgan fingerprint density at radius 1 is 1.33 bits per heavy atom. The third-order valence-electron chi connectivity index (χ3n) is 3.04. The van der Waals surface area contributed by atoms with E-state index in [2.05, 4.69) is 24.0 Å². The van der Waals surface area contributed by atoms with Crippen LogP contribution >= 0.6 is 0 Å². The standard InChI is InChI=1S/C13H19NO/c1-3-14(13-8-9-13)12-6-4-11(5-7-12)10(2)15/h4-7,10,13,15H,3,8-9H2,1-2H3/t10-/m0/s1. The summed E-state index contributed by atoms with van der Waals surface area (Å²) in [5, 5.41) is 9.42. The van der Waals surface area contributed by atoms with Gasteiger partial charge in [0.05, 0.1) is 6.10 Å². The molecule has 1 aromatic rings. The summed E-state index contributed by atoms with van der Waals surface area (Å²) in [7, 11) is 0. The number of hydrogen-bond acceptors (Lipinski definition) is 2. The van der Waals surface area contributed by atoms with E-state index in [-0.39, 0.29) is 6.10 Å². The molecule has 0 saturated heterocycles. The molecular weight excluding hydrogens is 186 g/mol. The van der Waals surface area contributed by atoms with E-state index in [9.17, 15) is 5.11 Å². The Morgan fingerprint density at radius 3 is 2.33 bits per heavy atom. The van der Waals surface area contributed by atoms with Crippen molar-refractivity contribution in [2.75, 3.05) is 11.4 Å². The summed E-state index contributed by atoms with van der Waals surface area (Å²) in [4.78, 5) is 2.44. The first-order valence-electron chi connectivity index (χ1n) is 5.77. The summed E-state index contributed by atoms with van der Waals surface area (Å²) >= 11 is 0. The Bertz CT molecular complexity index is 314. The van der Waals surface area contributed by atoms with E-state index >= 15 is 0 Å². The van der Waals surface area contributed by atoms with Gasteiger partial charge in [-0.1, -0.05) is 12.1 Å². The lowest BCUT2D eigenvalue weighted by Gasteiger charge is -2.23. The molecule has 2 heteroatoms. The van der Waals surface area contributed by atoms with Gasteiger partial charge in [0.2, 0.25) is 0 Å². The number of hydrogen-bond donors (Lipinski definition) is 1. The van der Waals surface area contributed by atoms with Crippen molar-refractivity contribution in [2.24, 2.45) is 0 Å². The van der Waals surface area contributed by atoms with Gasteiger partial charge in [0, 0.05) is 18.3 Å². The van der Waals surface area contributed by atoms with Gasteiger partial charge in [-0.05, 0) is 44.4 Å². The Hall–Kier alpha value is -1.02. The van der Waals surface area contributed by atoms with Crippen LogP contribution in [0, 0.1) is 0 Å². The van der Waals surface area contributed by atoms with Crippen molar-refractivity contribution in [2.45, 2.75) is 38.8 Å². The quantitative estimate of drug-likeness (QED) is 0.817. The van der Waals surface area contributed by atoms with Crippen LogP contribution in [0.4, 0.5) is 5.69 Å². The second kappa shape index (κ2) is 4.23. The first-order valence-corrected chi connectivity index (χ1v) is 5.77. The molecule has 1 N–H and O–H groups in total. The molecule has 0 aliphatic heterocycles. The molecule has 0 unspecified atom stereocenters. The van der Waals surface area contributed by atoms with Crippen molar-refractivity contribution in [3.63, 3.8) is 0 Å². The fourth-order valence-corrected chi connectivity index (χ4v) is 1.98. The number of benzene rings is 1. The number of rotatable bonds is 4. The zero-order valence-electron chi connectivity index (χ0n) is 9.48. The largest absolute Gasteiger partial charge is 0.389 e. The highest BCUT2D eigenvalue weighted by Crippen LogP contribution is 2.31. The summed E-state index contributed by atoms with van der Waals surface area (Å²) in [6.07, 6.45) is 2.29. The van der Waals surface area contributed by atoms with Crippen molar-refractivity contribution in [3.8, 4) is 0 Å². The van der Waals surface area contributed by atoms with E-state index in [0.717, 1.165) is 18.2 Å². The average Bonchev–Trinajstić information content (AvgIpc) is 3.04. The molecule has 0 spiro atoms. The molecule has 1 aliphatic rings. The first-order chi connectivity index (χ1) is 7.22. The molecule has 0 aromatic heterocycles. The molecule has 1 atom stereocenters. The molecule has 1 fully saturated rings. The summed E-state index contributed by atoms with van der Waals surface area (Å²) in [5.74, 6) is 0. The third-order valence-corrected chi connectivity index (χ3v) is 3.04. The zero-order chi connectivity index (χ0) is 10.8. The Morgan fingerprint density at radius 2 is 1.93 bits per heavy atom. The maximum absolute atomic E-state index is 9.42. The number of nitrogens with zero attached hydrogens (tertiary/aromatic N) is 1. The minimum absolute atomic E-state index is 0.366. The predicted octanol–water partition coefficient (Wildman–Crippen LogP) is 2.73. The van der Waals surface area contributed by atoms with Crippen LogP contribution in [0.1, 0.15) is 38.4 Å². The van der Waals surface area contributed by atoms with E-state index in [1.807, 2.05) is 12.1 Å². The summed E-state index contributed by atoms with van der Waals surface area (Å²) < 4.78 is 0. The lowest BCUT2D eigenvalue weighted by Crippen LogP contribution is -2.24. The van der Waals surface area contributed by atoms with Gasteiger partial charge in [-0.25, -0.2) is 0 Å². The molecule has 1 aliphatic carbocycles. The summed E-state index contributed by atoms with van der Waals surface area (Å²) in [5.41, 5.74) is 2.27. The lowest BCUT2D eigenvalue weighted by molar-refractivity contribution is 0.199. The van der Waals surface area contributed by atoms with Crippen molar-refractivity contribution in [1.82, 2.24) is 0 Å². The zero-order valence-corrected chi connectivity index (χ0v) is 9.48. The molecule has 0 amide bonds. The fraction of sp³-hybridized carbons (Fsp3) is 0.538. The van der Waals surface area contributed by atoms with Crippen LogP contribution in [0.2, 0.25) is 0 Å². The smallest absolute Gasteiger partial charge is 0.0761 e. The maximum Gasteiger partial charge on any atom is 0.0761 e. The van der Waals surface area contributed by atoms with E-state index in [1.165, 1.54) is 18.5 Å². The van der Waals surface area contributed by atoms with Crippen LogP contribution in [0.3, 0.4) is 0 Å². The second-order valence-corrected chi connectivity index (χ2v) is 4.28. The molecule has 82 valence electrons. The van der Waals surface area contributed by atoms with Gasteiger partial charge in [-0.15, -0.1) is 0 Å². The van der Waals surface area contributed by atoms with Gasteiger partial charge < -0.3 is 10.0 Å². The van der Waals surface area contributed by atoms with Crippen LogP contribution in [0.15, 0.2) is 24.3 Å². The number of anilines is 1. The Labute approximate surface area is 91.5 Å². The van der Waals surface area contributed by atoms with Crippen LogP contribution in [-0.4, -0.2) is 17.7 Å². The van der Waals surface area contributed by atoms with Crippen molar-refractivity contribution in [1.29, 1.82) is 0 Å². The average molecular weight is 205 g/mol. The third kappa shape index (κ3) is 2.32.